The van der Waals surface area contributed by atoms with Crippen LogP contribution in [0.5, 0.6) is 0 Å². The summed E-state index contributed by atoms with van der Waals surface area (Å²) in [6.07, 6.45) is -0.0822. The van der Waals surface area contributed by atoms with Crippen LogP contribution in [0.2, 0.25) is 0 Å². The minimum Gasteiger partial charge on any atom is -0.372 e. The summed E-state index contributed by atoms with van der Waals surface area (Å²) in [5, 5.41) is 8.24. The molecule has 0 bridgehead atoms. The van der Waals surface area contributed by atoms with E-state index in [2.05, 4.69) is 14.9 Å². The Kier molecular flexibility index (Phi) is 4.86. The molecule has 2 unspecified atom stereocenters. The summed E-state index contributed by atoms with van der Waals surface area (Å²) in [5.41, 5.74) is 2.06. The Morgan fingerprint density at radius 3 is 2.46 bits per heavy atom. The second-order valence-corrected chi connectivity index (χ2v) is 6.40. The predicted octanol–water partition coefficient (Wildman–Crippen LogP) is 2.16. The van der Waals surface area contributed by atoms with Gasteiger partial charge in [0.15, 0.2) is 0 Å². The van der Waals surface area contributed by atoms with Gasteiger partial charge in [-0.15, -0.1) is 5.10 Å². The van der Waals surface area contributed by atoms with Crippen LogP contribution in [0.1, 0.15) is 24.2 Å². The molecule has 0 spiro atoms. The normalized spacial score (nSPS) is 20.7. The minimum atomic E-state index is -0.422. The number of imide groups is 1. The molecule has 0 aliphatic carbocycles. The zero-order valence-corrected chi connectivity index (χ0v) is 14.2. The summed E-state index contributed by atoms with van der Waals surface area (Å²) in [7, 11) is 0. The molecule has 1 aromatic carbocycles. The van der Waals surface area contributed by atoms with Crippen molar-refractivity contribution in [2.75, 3.05) is 13.1 Å². The van der Waals surface area contributed by atoms with Gasteiger partial charge >= 0.3 is 6.03 Å². The zero-order chi connectivity index (χ0) is 17.1. The lowest BCUT2D eigenvalue weighted by Crippen LogP contribution is -2.52. The Morgan fingerprint density at radius 2 is 1.88 bits per heavy atom. The Balaban J connectivity index is 1.63. The first-order valence-corrected chi connectivity index (χ1v) is 8.50. The van der Waals surface area contributed by atoms with Crippen LogP contribution in [0.4, 0.5) is 4.79 Å². The third-order valence-electron chi connectivity index (χ3n) is 3.73. The van der Waals surface area contributed by atoms with Crippen LogP contribution >= 0.6 is 11.5 Å². The topological polar surface area (TPSA) is 84.4 Å². The summed E-state index contributed by atoms with van der Waals surface area (Å²) in [6, 6.07) is 6.52. The maximum absolute atomic E-state index is 12.2. The van der Waals surface area contributed by atoms with Crippen molar-refractivity contribution in [2.45, 2.75) is 26.1 Å². The molecule has 0 saturated carbocycles. The highest BCUT2D eigenvalue weighted by molar-refractivity contribution is 7.03. The molecule has 1 aliphatic heterocycles. The summed E-state index contributed by atoms with van der Waals surface area (Å²) >= 11 is 1.27. The number of hydrogen-bond donors (Lipinski definition) is 1. The molecule has 24 heavy (non-hydrogen) atoms. The number of carbonyl (C=O) groups is 2. The van der Waals surface area contributed by atoms with Crippen molar-refractivity contribution in [3.8, 4) is 11.3 Å². The minimum absolute atomic E-state index is 0.0411. The fourth-order valence-electron chi connectivity index (χ4n) is 2.67. The van der Waals surface area contributed by atoms with E-state index in [0.29, 0.717) is 18.7 Å². The second-order valence-electron chi connectivity index (χ2n) is 5.79. The highest BCUT2D eigenvalue weighted by Gasteiger charge is 2.26. The summed E-state index contributed by atoms with van der Waals surface area (Å²) in [5.74, 6) is -0.422. The Bertz CT molecular complexity index is 707. The van der Waals surface area contributed by atoms with Crippen LogP contribution in [0.3, 0.4) is 0 Å². The van der Waals surface area contributed by atoms with Gasteiger partial charge in [0.1, 0.15) is 5.69 Å². The van der Waals surface area contributed by atoms with Crippen molar-refractivity contribution < 1.29 is 14.3 Å². The first kappa shape index (κ1) is 16.5. The number of amides is 3. The predicted molar refractivity (Wildman–Crippen MR) is 89.8 cm³/mol. The monoisotopic (exact) mass is 346 g/mol. The van der Waals surface area contributed by atoms with E-state index in [1.807, 2.05) is 19.2 Å². The highest BCUT2D eigenvalue weighted by Crippen LogP contribution is 2.18. The van der Waals surface area contributed by atoms with E-state index >= 15 is 0 Å². The van der Waals surface area contributed by atoms with Crippen molar-refractivity contribution in [1.82, 2.24) is 19.8 Å². The van der Waals surface area contributed by atoms with Gasteiger partial charge in [0.2, 0.25) is 0 Å². The molecule has 126 valence electrons. The lowest BCUT2D eigenvalue weighted by atomic mass is 10.1. The molecule has 7 nitrogen and oxygen atoms in total. The number of nitrogens with zero attached hydrogens (tertiary/aromatic N) is 3. The van der Waals surface area contributed by atoms with Crippen LogP contribution in [0.25, 0.3) is 11.3 Å². The quantitative estimate of drug-likeness (QED) is 0.901. The van der Waals surface area contributed by atoms with Gasteiger partial charge < -0.3 is 9.64 Å². The molecular formula is C16H18N4O3S. The zero-order valence-electron chi connectivity index (χ0n) is 13.4. The third kappa shape index (κ3) is 3.77. The Hall–Kier alpha value is -2.32. The fourth-order valence-corrected chi connectivity index (χ4v) is 3.14. The lowest BCUT2D eigenvalue weighted by Gasteiger charge is -2.35. The average Bonchev–Trinajstić information content (AvgIpc) is 3.08. The summed E-state index contributed by atoms with van der Waals surface area (Å²) < 4.78 is 9.40. The van der Waals surface area contributed by atoms with Crippen molar-refractivity contribution >= 4 is 23.5 Å². The summed E-state index contributed by atoms with van der Waals surface area (Å²) in [4.78, 5) is 26.1. The van der Waals surface area contributed by atoms with E-state index in [1.165, 1.54) is 11.5 Å². The number of nitrogens with one attached hydrogen (secondary N) is 1. The second kappa shape index (κ2) is 7.06. The van der Waals surface area contributed by atoms with Gasteiger partial charge in [0.05, 0.1) is 12.2 Å². The van der Waals surface area contributed by atoms with E-state index in [4.69, 9.17) is 4.74 Å². The number of benzene rings is 1. The molecule has 3 rings (SSSR count). The van der Waals surface area contributed by atoms with Crippen LogP contribution in [0.15, 0.2) is 29.6 Å². The van der Waals surface area contributed by atoms with Crippen molar-refractivity contribution in [2.24, 2.45) is 0 Å². The van der Waals surface area contributed by atoms with Crippen LogP contribution < -0.4 is 5.32 Å². The number of rotatable bonds is 2. The van der Waals surface area contributed by atoms with Gasteiger partial charge in [-0.25, -0.2) is 4.79 Å². The third-order valence-corrected chi connectivity index (χ3v) is 4.23. The maximum atomic E-state index is 12.2. The SMILES string of the molecule is CC1CN(C(=O)NC(=O)c2ccc(-c3csnn3)cc2)CC(C)O1. The molecule has 2 aromatic rings. The molecule has 1 N–H and O–H groups in total. The van der Waals surface area contributed by atoms with E-state index in [1.54, 1.807) is 29.2 Å². The first-order valence-electron chi connectivity index (χ1n) is 7.66. The smallest absolute Gasteiger partial charge is 0.324 e. The molecule has 0 radical (unpaired) electrons. The van der Waals surface area contributed by atoms with E-state index in [9.17, 15) is 9.59 Å². The Labute approximate surface area is 143 Å². The van der Waals surface area contributed by atoms with Gasteiger partial charge in [-0.2, -0.15) is 0 Å². The molecule has 1 fully saturated rings. The van der Waals surface area contributed by atoms with Gasteiger partial charge in [-0.3, -0.25) is 10.1 Å². The molecule has 1 saturated heterocycles. The first-order chi connectivity index (χ1) is 11.5. The molecule has 1 aromatic heterocycles. The fraction of sp³-hybridized carbons (Fsp3) is 0.375. The molecule has 8 heteroatoms. The molecule has 1 aliphatic rings. The number of aromatic nitrogens is 2. The Morgan fingerprint density at radius 1 is 1.21 bits per heavy atom. The van der Waals surface area contributed by atoms with Crippen molar-refractivity contribution in [3.63, 3.8) is 0 Å². The highest BCUT2D eigenvalue weighted by atomic mass is 32.1. The van der Waals surface area contributed by atoms with E-state index in [0.717, 1.165) is 11.3 Å². The van der Waals surface area contributed by atoms with E-state index in [-0.39, 0.29) is 12.2 Å². The van der Waals surface area contributed by atoms with Gasteiger partial charge in [0, 0.05) is 29.6 Å². The average molecular weight is 346 g/mol. The molecular weight excluding hydrogens is 328 g/mol. The number of ether oxygens (including phenoxy) is 1. The summed E-state index contributed by atoms with van der Waals surface area (Å²) in [6.45, 7) is 4.76. The van der Waals surface area contributed by atoms with Crippen LogP contribution in [0, 0.1) is 0 Å². The molecule has 2 heterocycles. The lowest BCUT2D eigenvalue weighted by molar-refractivity contribution is -0.0543. The number of carbonyl (C=O) groups excluding carboxylic acids is 2. The standard InChI is InChI=1S/C16H18N4O3S/c1-10-7-20(8-11(2)23-10)16(22)17-15(21)13-5-3-12(4-6-13)14-9-24-19-18-14/h3-6,9-11H,7-8H2,1-2H3,(H,17,21,22). The maximum Gasteiger partial charge on any atom is 0.324 e. The van der Waals surface area contributed by atoms with Crippen LogP contribution in [-0.4, -0.2) is 51.7 Å². The van der Waals surface area contributed by atoms with Gasteiger partial charge in [0.25, 0.3) is 5.91 Å². The number of morpholine rings is 1. The van der Waals surface area contributed by atoms with Crippen molar-refractivity contribution in [3.05, 3.63) is 35.2 Å². The largest absolute Gasteiger partial charge is 0.372 e. The molecule has 2 atom stereocenters. The molecule has 3 amide bonds. The van der Waals surface area contributed by atoms with Gasteiger partial charge in [-0.1, -0.05) is 16.6 Å². The van der Waals surface area contributed by atoms with Gasteiger partial charge in [-0.05, 0) is 37.5 Å². The van der Waals surface area contributed by atoms with Crippen LogP contribution in [-0.2, 0) is 4.74 Å². The number of hydrogen-bond acceptors (Lipinski definition) is 6. The number of urea groups is 1. The van der Waals surface area contributed by atoms with Crippen molar-refractivity contribution in [1.29, 1.82) is 0 Å². The van der Waals surface area contributed by atoms with E-state index < -0.39 is 11.9 Å².